The number of hydrogen-bond donors (Lipinski definition) is 1. The molecule has 1 aromatic carbocycles. The van der Waals surface area contributed by atoms with Crippen molar-refractivity contribution in [3.8, 4) is 0 Å². The highest BCUT2D eigenvalue weighted by Crippen LogP contribution is 2.29. The lowest BCUT2D eigenvalue weighted by Gasteiger charge is -2.32. The first-order chi connectivity index (χ1) is 15.6. The molecule has 1 aliphatic rings. The molecule has 4 rings (SSSR count). The summed E-state index contributed by atoms with van der Waals surface area (Å²) >= 11 is 0. The molecule has 7 nitrogen and oxygen atoms in total. The van der Waals surface area contributed by atoms with Gasteiger partial charge in [-0.15, -0.1) is 0 Å². The summed E-state index contributed by atoms with van der Waals surface area (Å²) in [5.74, 6) is 0.720. The Balaban J connectivity index is 1.40. The number of hydrogen-bond acceptors (Lipinski definition) is 5. The molecule has 164 valence electrons. The van der Waals surface area contributed by atoms with Crippen LogP contribution < -0.4 is 5.32 Å². The zero-order chi connectivity index (χ0) is 22.3. The maximum Gasteiger partial charge on any atom is 0.254 e. The van der Waals surface area contributed by atoms with Gasteiger partial charge in [-0.05, 0) is 37.0 Å². The normalized spacial score (nSPS) is 14.2. The van der Waals surface area contributed by atoms with E-state index >= 15 is 0 Å². The highest BCUT2D eigenvalue weighted by atomic mass is 16.2. The Bertz CT molecular complexity index is 1060. The molecule has 1 aliphatic heterocycles. The van der Waals surface area contributed by atoms with Crippen LogP contribution >= 0.6 is 0 Å². The molecule has 1 fully saturated rings. The van der Waals surface area contributed by atoms with Crippen LogP contribution in [0.4, 0.5) is 0 Å². The van der Waals surface area contributed by atoms with Crippen LogP contribution in [0.25, 0.3) is 0 Å². The van der Waals surface area contributed by atoms with Crippen molar-refractivity contribution in [2.24, 2.45) is 0 Å². The summed E-state index contributed by atoms with van der Waals surface area (Å²) < 4.78 is 0. The molecular formula is C25H27N5O2. The van der Waals surface area contributed by atoms with Crippen molar-refractivity contribution in [2.45, 2.75) is 38.6 Å². The zero-order valence-corrected chi connectivity index (χ0v) is 18.2. The SMILES string of the molecule is Cc1ncc(C(=O)NCc2cccnc2)c(C2CCN(C(=O)Cc3ccccc3)CC2)n1. The van der Waals surface area contributed by atoms with Crippen LogP contribution in [0.5, 0.6) is 0 Å². The van der Waals surface area contributed by atoms with Crippen molar-refractivity contribution in [2.75, 3.05) is 13.1 Å². The average molecular weight is 430 g/mol. The van der Waals surface area contributed by atoms with Crippen molar-refractivity contribution in [1.82, 2.24) is 25.2 Å². The van der Waals surface area contributed by atoms with Crippen LogP contribution in [-0.4, -0.2) is 44.8 Å². The molecule has 0 atom stereocenters. The summed E-state index contributed by atoms with van der Waals surface area (Å²) in [7, 11) is 0. The number of aryl methyl sites for hydroxylation is 1. The topological polar surface area (TPSA) is 88.1 Å². The predicted octanol–water partition coefficient (Wildman–Crippen LogP) is 3.06. The van der Waals surface area contributed by atoms with Gasteiger partial charge in [0.15, 0.2) is 0 Å². The minimum atomic E-state index is -0.188. The second-order valence-corrected chi connectivity index (χ2v) is 8.08. The quantitative estimate of drug-likeness (QED) is 0.651. The van der Waals surface area contributed by atoms with E-state index in [9.17, 15) is 9.59 Å². The minimum Gasteiger partial charge on any atom is -0.348 e. The van der Waals surface area contributed by atoms with Crippen molar-refractivity contribution in [3.63, 3.8) is 0 Å². The number of carbonyl (C=O) groups is 2. The highest BCUT2D eigenvalue weighted by molar-refractivity contribution is 5.95. The average Bonchev–Trinajstić information content (AvgIpc) is 2.84. The lowest BCUT2D eigenvalue weighted by Crippen LogP contribution is -2.39. The van der Waals surface area contributed by atoms with E-state index < -0.39 is 0 Å². The molecule has 0 aliphatic carbocycles. The van der Waals surface area contributed by atoms with Gasteiger partial charge in [0.1, 0.15) is 5.82 Å². The molecule has 0 saturated carbocycles. The van der Waals surface area contributed by atoms with Gasteiger partial charge in [-0.3, -0.25) is 14.6 Å². The van der Waals surface area contributed by atoms with Gasteiger partial charge in [0.2, 0.25) is 5.91 Å². The smallest absolute Gasteiger partial charge is 0.254 e. The predicted molar refractivity (Wildman–Crippen MR) is 121 cm³/mol. The molecule has 3 heterocycles. The van der Waals surface area contributed by atoms with E-state index in [1.807, 2.05) is 54.3 Å². The Morgan fingerprint density at radius 3 is 2.50 bits per heavy atom. The number of likely N-dealkylation sites (tertiary alicyclic amines) is 1. The second kappa shape index (κ2) is 10.1. The fraction of sp³-hybridized carbons (Fsp3) is 0.320. The first-order valence-electron chi connectivity index (χ1n) is 10.9. The number of pyridine rings is 1. The Labute approximate surface area is 187 Å². The van der Waals surface area contributed by atoms with Gasteiger partial charge in [0.05, 0.1) is 17.7 Å². The summed E-state index contributed by atoms with van der Waals surface area (Å²) in [6.45, 7) is 3.55. The molecule has 0 spiro atoms. The minimum absolute atomic E-state index is 0.122. The number of rotatable bonds is 6. The van der Waals surface area contributed by atoms with E-state index in [0.29, 0.717) is 37.4 Å². The standard InChI is InChI=1S/C25H27N5O2/c1-18-27-17-22(25(32)28-16-20-8-5-11-26-15-20)24(29-18)21-9-12-30(13-10-21)23(31)14-19-6-3-2-4-7-19/h2-8,11,15,17,21H,9-10,12-14,16H2,1H3,(H,28,32). The lowest BCUT2D eigenvalue weighted by atomic mass is 9.90. The van der Waals surface area contributed by atoms with Crippen LogP contribution in [0.3, 0.4) is 0 Å². The van der Waals surface area contributed by atoms with Gasteiger partial charge in [-0.25, -0.2) is 9.97 Å². The van der Waals surface area contributed by atoms with Gasteiger partial charge >= 0.3 is 0 Å². The van der Waals surface area contributed by atoms with Gasteiger partial charge in [-0.1, -0.05) is 36.4 Å². The van der Waals surface area contributed by atoms with E-state index in [-0.39, 0.29) is 17.7 Å². The fourth-order valence-corrected chi connectivity index (χ4v) is 4.04. The van der Waals surface area contributed by atoms with Crippen LogP contribution in [0, 0.1) is 6.92 Å². The number of carbonyl (C=O) groups excluding carboxylic acids is 2. The van der Waals surface area contributed by atoms with E-state index in [1.165, 1.54) is 0 Å². The van der Waals surface area contributed by atoms with Crippen LogP contribution in [0.2, 0.25) is 0 Å². The lowest BCUT2D eigenvalue weighted by molar-refractivity contribution is -0.131. The first-order valence-corrected chi connectivity index (χ1v) is 10.9. The molecule has 1 N–H and O–H groups in total. The largest absolute Gasteiger partial charge is 0.348 e. The molecule has 0 radical (unpaired) electrons. The molecule has 0 unspecified atom stereocenters. The number of aromatic nitrogens is 3. The van der Waals surface area contributed by atoms with Crippen LogP contribution in [-0.2, 0) is 17.8 Å². The van der Waals surface area contributed by atoms with Crippen molar-refractivity contribution < 1.29 is 9.59 Å². The zero-order valence-electron chi connectivity index (χ0n) is 18.2. The van der Waals surface area contributed by atoms with Gasteiger partial charge in [0.25, 0.3) is 5.91 Å². The Morgan fingerprint density at radius 1 is 1.03 bits per heavy atom. The highest BCUT2D eigenvalue weighted by Gasteiger charge is 2.28. The van der Waals surface area contributed by atoms with Gasteiger partial charge < -0.3 is 10.2 Å². The molecule has 2 aromatic heterocycles. The third-order valence-corrected chi connectivity index (χ3v) is 5.79. The monoisotopic (exact) mass is 429 g/mol. The summed E-state index contributed by atoms with van der Waals surface area (Å²) in [6.07, 6.45) is 7.02. The molecule has 0 bridgehead atoms. The van der Waals surface area contributed by atoms with Crippen LogP contribution in [0.1, 0.15) is 51.8 Å². The molecule has 7 heteroatoms. The maximum absolute atomic E-state index is 12.9. The van der Waals surface area contributed by atoms with Crippen LogP contribution in [0.15, 0.2) is 61.1 Å². The molecular weight excluding hydrogens is 402 g/mol. The third kappa shape index (κ3) is 5.35. The second-order valence-electron chi connectivity index (χ2n) is 8.08. The number of nitrogens with zero attached hydrogens (tertiary/aromatic N) is 4. The maximum atomic E-state index is 12.9. The molecule has 1 saturated heterocycles. The molecule has 3 aromatic rings. The first kappa shape index (κ1) is 21.6. The van der Waals surface area contributed by atoms with Gasteiger partial charge in [-0.2, -0.15) is 0 Å². The number of amides is 2. The summed E-state index contributed by atoms with van der Waals surface area (Å²) in [5, 5.41) is 2.95. The third-order valence-electron chi connectivity index (χ3n) is 5.79. The van der Waals surface area contributed by atoms with E-state index in [2.05, 4.69) is 20.3 Å². The van der Waals surface area contributed by atoms with Crippen molar-refractivity contribution in [1.29, 1.82) is 0 Å². The molecule has 2 amide bonds. The summed E-state index contributed by atoms with van der Waals surface area (Å²) in [4.78, 5) is 40.5. The summed E-state index contributed by atoms with van der Waals surface area (Å²) in [5.41, 5.74) is 3.24. The van der Waals surface area contributed by atoms with E-state index in [4.69, 9.17) is 0 Å². The Hall–Kier alpha value is -3.61. The number of nitrogens with one attached hydrogen (secondary N) is 1. The van der Waals surface area contributed by atoms with Crippen molar-refractivity contribution >= 4 is 11.8 Å². The summed E-state index contributed by atoms with van der Waals surface area (Å²) in [6, 6.07) is 13.6. The Morgan fingerprint density at radius 2 is 1.78 bits per heavy atom. The molecule has 32 heavy (non-hydrogen) atoms. The van der Waals surface area contributed by atoms with E-state index in [0.717, 1.165) is 29.7 Å². The Kier molecular flexibility index (Phi) is 6.84. The van der Waals surface area contributed by atoms with Gasteiger partial charge in [0, 0.05) is 44.1 Å². The number of benzene rings is 1. The fourth-order valence-electron chi connectivity index (χ4n) is 4.04. The number of piperidine rings is 1. The van der Waals surface area contributed by atoms with Crippen molar-refractivity contribution in [3.05, 3.63) is 89.3 Å². The van der Waals surface area contributed by atoms with E-state index in [1.54, 1.807) is 18.6 Å².